The Kier molecular flexibility index (Phi) is 5.16. The summed E-state index contributed by atoms with van der Waals surface area (Å²) >= 11 is 5.84. The average Bonchev–Trinajstić information content (AvgIpc) is 3.25. The lowest BCUT2D eigenvalue weighted by molar-refractivity contribution is 0.0933. The Morgan fingerprint density at radius 1 is 1.29 bits per heavy atom. The zero-order valence-corrected chi connectivity index (χ0v) is 13.7. The molecule has 1 aromatic heterocycles. The maximum atomic E-state index is 13.4. The summed E-state index contributed by atoms with van der Waals surface area (Å²) in [6.07, 6.45) is 3.78. The van der Waals surface area contributed by atoms with Crippen molar-refractivity contribution in [2.24, 2.45) is 0 Å². The molecule has 1 saturated heterocycles. The molecule has 128 valence electrons. The SMILES string of the molecule is O=C(NCC(c1ccco1)N1CCCC1)c1cc(F)c(F)cc1Cl. The van der Waals surface area contributed by atoms with Gasteiger partial charge in [0.2, 0.25) is 0 Å². The topological polar surface area (TPSA) is 45.5 Å². The number of hydrogen-bond acceptors (Lipinski definition) is 3. The number of hydrogen-bond donors (Lipinski definition) is 1. The third-order valence-electron chi connectivity index (χ3n) is 4.16. The third kappa shape index (κ3) is 3.60. The molecule has 0 aliphatic carbocycles. The Balaban J connectivity index is 1.72. The minimum atomic E-state index is -1.10. The molecule has 2 heterocycles. The molecule has 0 radical (unpaired) electrons. The van der Waals surface area contributed by atoms with Gasteiger partial charge in [-0.15, -0.1) is 0 Å². The predicted octanol–water partition coefficient (Wildman–Crippen LogP) is 3.78. The quantitative estimate of drug-likeness (QED) is 0.831. The van der Waals surface area contributed by atoms with E-state index in [4.69, 9.17) is 16.0 Å². The molecule has 1 atom stereocenters. The Morgan fingerprint density at radius 2 is 2.00 bits per heavy atom. The number of halogens is 3. The number of rotatable bonds is 5. The first-order valence-corrected chi connectivity index (χ1v) is 8.14. The molecule has 1 amide bonds. The van der Waals surface area contributed by atoms with Crippen molar-refractivity contribution >= 4 is 17.5 Å². The third-order valence-corrected chi connectivity index (χ3v) is 4.48. The maximum Gasteiger partial charge on any atom is 0.252 e. The first-order valence-electron chi connectivity index (χ1n) is 7.76. The van der Waals surface area contributed by atoms with E-state index in [0.29, 0.717) is 6.54 Å². The van der Waals surface area contributed by atoms with Crippen molar-refractivity contribution in [1.29, 1.82) is 0 Å². The molecule has 0 saturated carbocycles. The van der Waals surface area contributed by atoms with E-state index in [1.54, 1.807) is 12.3 Å². The monoisotopic (exact) mass is 354 g/mol. The zero-order chi connectivity index (χ0) is 17.1. The molecule has 1 N–H and O–H groups in total. The van der Waals surface area contributed by atoms with Gasteiger partial charge in [-0.1, -0.05) is 11.6 Å². The summed E-state index contributed by atoms with van der Waals surface area (Å²) in [5, 5.41) is 2.61. The van der Waals surface area contributed by atoms with Crippen LogP contribution >= 0.6 is 11.6 Å². The Morgan fingerprint density at radius 3 is 2.67 bits per heavy atom. The van der Waals surface area contributed by atoms with Crippen LogP contribution in [0.15, 0.2) is 34.9 Å². The second kappa shape index (κ2) is 7.32. The summed E-state index contributed by atoms with van der Waals surface area (Å²) in [5.41, 5.74) is -0.0878. The summed E-state index contributed by atoms with van der Waals surface area (Å²) in [6, 6.07) is 5.17. The molecular formula is C17H17ClF2N2O2. The molecule has 0 spiro atoms. The number of carbonyl (C=O) groups excluding carboxylic acids is 1. The van der Waals surface area contributed by atoms with Crippen molar-refractivity contribution in [1.82, 2.24) is 10.2 Å². The zero-order valence-electron chi connectivity index (χ0n) is 12.9. The van der Waals surface area contributed by atoms with Gasteiger partial charge in [0, 0.05) is 6.54 Å². The highest BCUT2D eigenvalue weighted by molar-refractivity contribution is 6.33. The highest BCUT2D eigenvalue weighted by Crippen LogP contribution is 2.25. The van der Waals surface area contributed by atoms with Crippen molar-refractivity contribution < 1.29 is 18.0 Å². The van der Waals surface area contributed by atoms with Crippen molar-refractivity contribution in [3.05, 3.63) is 58.5 Å². The van der Waals surface area contributed by atoms with E-state index in [2.05, 4.69) is 10.2 Å². The number of nitrogens with one attached hydrogen (secondary N) is 1. The van der Waals surface area contributed by atoms with Crippen LogP contribution in [0, 0.1) is 11.6 Å². The molecule has 1 aromatic carbocycles. The number of benzene rings is 1. The summed E-state index contributed by atoms with van der Waals surface area (Å²) in [4.78, 5) is 14.5. The lowest BCUT2D eigenvalue weighted by Crippen LogP contribution is -2.36. The lowest BCUT2D eigenvalue weighted by atomic mass is 10.1. The Bertz CT molecular complexity index is 716. The highest BCUT2D eigenvalue weighted by Gasteiger charge is 2.26. The van der Waals surface area contributed by atoms with Gasteiger partial charge < -0.3 is 9.73 Å². The van der Waals surface area contributed by atoms with E-state index in [9.17, 15) is 13.6 Å². The van der Waals surface area contributed by atoms with Crippen molar-refractivity contribution in [2.75, 3.05) is 19.6 Å². The van der Waals surface area contributed by atoms with Crippen LogP contribution in [0.2, 0.25) is 5.02 Å². The minimum Gasteiger partial charge on any atom is -0.468 e. The Labute approximate surface area is 143 Å². The van der Waals surface area contributed by atoms with E-state index in [0.717, 1.165) is 43.8 Å². The molecule has 1 unspecified atom stereocenters. The molecule has 7 heteroatoms. The molecule has 24 heavy (non-hydrogen) atoms. The van der Waals surface area contributed by atoms with Gasteiger partial charge in [0.15, 0.2) is 11.6 Å². The first-order chi connectivity index (χ1) is 11.6. The minimum absolute atomic E-state index is 0.0878. The van der Waals surface area contributed by atoms with Crippen molar-refractivity contribution in [3.8, 4) is 0 Å². The summed E-state index contributed by atoms with van der Waals surface area (Å²) in [5.74, 6) is -1.98. The van der Waals surface area contributed by atoms with Gasteiger partial charge in [-0.25, -0.2) is 8.78 Å². The first kappa shape index (κ1) is 16.9. The molecule has 1 aliphatic heterocycles. The van der Waals surface area contributed by atoms with Crippen LogP contribution in [-0.4, -0.2) is 30.4 Å². The average molecular weight is 355 g/mol. The van der Waals surface area contributed by atoms with Gasteiger partial charge in [-0.2, -0.15) is 0 Å². The van der Waals surface area contributed by atoms with Gasteiger partial charge in [0.05, 0.1) is 22.9 Å². The van der Waals surface area contributed by atoms with Crippen LogP contribution in [0.4, 0.5) is 8.78 Å². The normalized spacial score (nSPS) is 16.3. The van der Waals surface area contributed by atoms with Crippen LogP contribution in [0.3, 0.4) is 0 Å². The molecule has 2 aromatic rings. The van der Waals surface area contributed by atoms with Crippen LogP contribution < -0.4 is 5.32 Å². The van der Waals surface area contributed by atoms with E-state index >= 15 is 0 Å². The smallest absolute Gasteiger partial charge is 0.252 e. The number of amides is 1. The van der Waals surface area contributed by atoms with Gasteiger partial charge in [-0.05, 0) is 50.2 Å². The van der Waals surface area contributed by atoms with Gasteiger partial charge in [0.1, 0.15) is 5.76 Å². The van der Waals surface area contributed by atoms with Crippen LogP contribution in [0.25, 0.3) is 0 Å². The van der Waals surface area contributed by atoms with Crippen molar-refractivity contribution in [3.63, 3.8) is 0 Å². The van der Waals surface area contributed by atoms with Crippen LogP contribution in [-0.2, 0) is 0 Å². The molecule has 0 bridgehead atoms. The number of carbonyl (C=O) groups is 1. The van der Waals surface area contributed by atoms with E-state index in [1.807, 2.05) is 6.07 Å². The summed E-state index contributed by atoms with van der Waals surface area (Å²) in [6.45, 7) is 2.14. The summed E-state index contributed by atoms with van der Waals surface area (Å²) < 4.78 is 31.9. The van der Waals surface area contributed by atoms with Crippen LogP contribution in [0.1, 0.15) is 35.0 Å². The largest absolute Gasteiger partial charge is 0.468 e. The fourth-order valence-corrected chi connectivity index (χ4v) is 3.16. The van der Waals surface area contributed by atoms with Gasteiger partial charge in [0.25, 0.3) is 5.91 Å². The molecule has 1 aliphatic rings. The number of nitrogens with zero attached hydrogens (tertiary/aromatic N) is 1. The van der Waals surface area contributed by atoms with E-state index in [-0.39, 0.29) is 16.6 Å². The predicted molar refractivity (Wildman–Crippen MR) is 86.0 cm³/mol. The lowest BCUT2D eigenvalue weighted by Gasteiger charge is -2.26. The second-order valence-electron chi connectivity index (χ2n) is 5.73. The number of likely N-dealkylation sites (tertiary alicyclic amines) is 1. The fraction of sp³-hybridized carbons (Fsp3) is 0.353. The summed E-state index contributed by atoms with van der Waals surface area (Å²) in [7, 11) is 0. The van der Waals surface area contributed by atoms with Crippen molar-refractivity contribution in [2.45, 2.75) is 18.9 Å². The van der Waals surface area contributed by atoms with E-state index in [1.165, 1.54) is 0 Å². The highest BCUT2D eigenvalue weighted by atomic mass is 35.5. The van der Waals surface area contributed by atoms with Gasteiger partial charge in [-0.3, -0.25) is 9.69 Å². The molecular weight excluding hydrogens is 338 g/mol. The standard InChI is InChI=1S/C17H17ClF2N2O2/c18-12-9-14(20)13(19)8-11(12)17(23)21-10-15(16-4-3-7-24-16)22-5-1-2-6-22/h3-4,7-9,15H,1-2,5-6,10H2,(H,21,23). The number of furan rings is 1. The van der Waals surface area contributed by atoms with Gasteiger partial charge >= 0.3 is 0 Å². The maximum absolute atomic E-state index is 13.4. The molecule has 4 nitrogen and oxygen atoms in total. The second-order valence-corrected chi connectivity index (χ2v) is 6.14. The molecule has 1 fully saturated rings. The van der Waals surface area contributed by atoms with Crippen LogP contribution in [0.5, 0.6) is 0 Å². The van der Waals surface area contributed by atoms with E-state index < -0.39 is 17.5 Å². The Hall–Kier alpha value is -1.92. The molecule has 3 rings (SSSR count). The fourth-order valence-electron chi connectivity index (χ4n) is 2.92.